The highest BCUT2D eigenvalue weighted by Gasteiger charge is 2.26. The minimum absolute atomic E-state index is 0.00148. The largest absolute Gasteiger partial charge is 0.450 e. The summed E-state index contributed by atoms with van der Waals surface area (Å²) >= 11 is 0. The van der Waals surface area contributed by atoms with Gasteiger partial charge in [0.15, 0.2) is 0 Å². The summed E-state index contributed by atoms with van der Waals surface area (Å²) in [5.74, 6) is 0.224. The van der Waals surface area contributed by atoms with E-state index in [1.807, 2.05) is 56.3 Å². The molecule has 29 heavy (non-hydrogen) atoms. The molecule has 1 aliphatic rings. The van der Waals surface area contributed by atoms with Crippen LogP contribution >= 0.6 is 0 Å². The van der Waals surface area contributed by atoms with E-state index in [9.17, 15) is 9.59 Å². The Hall–Kier alpha value is -2.86. The second-order valence-electron chi connectivity index (χ2n) is 7.46. The number of hydrogen-bond acceptors (Lipinski definition) is 4. The summed E-state index contributed by atoms with van der Waals surface area (Å²) in [6.45, 7) is 6.68. The van der Waals surface area contributed by atoms with Gasteiger partial charge in [0.05, 0.1) is 18.0 Å². The van der Waals surface area contributed by atoms with Crippen LogP contribution in [0.4, 0.5) is 21.9 Å². The molecular formula is C23H28N2O4. The Labute approximate surface area is 171 Å². The van der Waals surface area contributed by atoms with Crippen molar-refractivity contribution in [3.8, 4) is 0 Å². The Morgan fingerprint density at radius 1 is 1.07 bits per heavy atom. The van der Waals surface area contributed by atoms with Crippen LogP contribution in [-0.4, -0.2) is 31.8 Å². The van der Waals surface area contributed by atoms with E-state index in [-0.39, 0.29) is 12.5 Å². The first-order valence-corrected chi connectivity index (χ1v) is 10.0. The fourth-order valence-corrected chi connectivity index (χ4v) is 3.40. The standard InChI is InChI=1S/C23H28N2O4/c1-4-29-23(27)24-19-12-11-18-10-9-17-7-5-6-8-20(17)25(21(18)13-19)22(26)15-28-14-16(2)3/h5-8,11-13,16H,4,9-10,14-15H2,1-3H3,(H,24,27). The third-order valence-electron chi connectivity index (χ3n) is 4.67. The highest BCUT2D eigenvalue weighted by Crippen LogP contribution is 2.37. The van der Waals surface area contributed by atoms with E-state index < -0.39 is 6.09 Å². The first-order chi connectivity index (χ1) is 14.0. The van der Waals surface area contributed by atoms with E-state index in [4.69, 9.17) is 9.47 Å². The minimum atomic E-state index is -0.514. The Morgan fingerprint density at radius 3 is 2.52 bits per heavy atom. The van der Waals surface area contributed by atoms with E-state index >= 15 is 0 Å². The summed E-state index contributed by atoms with van der Waals surface area (Å²) in [7, 11) is 0. The molecule has 6 heteroatoms. The van der Waals surface area contributed by atoms with Crippen molar-refractivity contribution in [2.24, 2.45) is 5.92 Å². The second kappa shape index (κ2) is 9.56. The number of nitrogens with one attached hydrogen (secondary N) is 1. The molecule has 1 aliphatic heterocycles. The van der Waals surface area contributed by atoms with Crippen molar-refractivity contribution in [3.05, 3.63) is 53.6 Å². The molecular weight excluding hydrogens is 368 g/mol. The molecule has 3 rings (SSSR count). The number of nitrogens with zero attached hydrogens (tertiary/aromatic N) is 1. The second-order valence-corrected chi connectivity index (χ2v) is 7.46. The quantitative estimate of drug-likeness (QED) is 0.769. The first-order valence-electron chi connectivity index (χ1n) is 10.0. The van der Waals surface area contributed by atoms with Crippen molar-refractivity contribution >= 4 is 29.1 Å². The molecule has 0 spiro atoms. The Balaban J connectivity index is 1.96. The number of carbonyl (C=O) groups is 2. The lowest BCUT2D eigenvalue weighted by Crippen LogP contribution is -2.31. The van der Waals surface area contributed by atoms with E-state index in [1.165, 1.54) is 0 Å². The third-order valence-corrected chi connectivity index (χ3v) is 4.67. The maximum Gasteiger partial charge on any atom is 0.411 e. The van der Waals surface area contributed by atoms with Crippen LogP contribution in [0.1, 0.15) is 31.9 Å². The average Bonchev–Trinajstić information content (AvgIpc) is 2.84. The van der Waals surface area contributed by atoms with Crippen LogP contribution in [0.25, 0.3) is 0 Å². The van der Waals surface area contributed by atoms with Crippen molar-refractivity contribution in [3.63, 3.8) is 0 Å². The highest BCUT2D eigenvalue weighted by molar-refractivity contribution is 6.03. The number of benzene rings is 2. The molecule has 0 saturated heterocycles. The number of rotatable bonds is 6. The van der Waals surface area contributed by atoms with Gasteiger partial charge in [0.25, 0.3) is 5.91 Å². The zero-order valence-corrected chi connectivity index (χ0v) is 17.2. The van der Waals surface area contributed by atoms with Crippen LogP contribution in [0.5, 0.6) is 0 Å². The maximum atomic E-state index is 13.2. The van der Waals surface area contributed by atoms with Crippen molar-refractivity contribution < 1.29 is 19.1 Å². The average molecular weight is 396 g/mol. The summed E-state index contributed by atoms with van der Waals surface area (Å²) in [5, 5.41) is 2.72. The number of hydrogen-bond donors (Lipinski definition) is 1. The lowest BCUT2D eigenvalue weighted by molar-refractivity contribution is -0.122. The van der Waals surface area contributed by atoms with Crippen LogP contribution in [0.2, 0.25) is 0 Å². The Morgan fingerprint density at radius 2 is 1.79 bits per heavy atom. The smallest absolute Gasteiger partial charge is 0.411 e. The first kappa shape index (κ1) is 20.9. The molecule has 6 nitrogen and oxygen atoms in total. The molecule has 0 fully saturated rings. The van der Waals surface area contributed by atoms with E-state index in [0.717, 1.165) is 35.3 Å². The molecule has 0 saturated carbocycles. The number of fused-ring (bicyclic) bond motifs is 2. The molecule has 0 aliphatic carbocycles. The van der Waals surface area contributed by atoms with Crippen LogP contribution in [-0.2, 0) is 27.1 Å². The van der Waals surface area contributed by atoms with Gasteiger partial charge in [-0.1, -0.05) is 38.1 Å². The number of para-hydroxylation sites is 1. The molecule has 0 atom stereocenters. The molecule has 2 aromatic rings. The summed E-state index contributed by atoms with van der Waals surface area (Å²) in [6, 6.07) is 13.5. The van der Waals surface area contributed by atoms with Crippen molar-refractivity contribution in [2.75, 3.05) is 30.0 Å². The molecule has 1 heterocycles. The van der Waals surface area contributed by atoms with Gasteiger partial charge < -0.3 is 9.47 Å². The van der Waals surface area contributed by atoms with Gasteiger partial charge in [0.1, 0.15) is 6.61 Å². The van der Waals surface area contributed by atoms with Gasteiger partial charge in [-0.25, -0.2) is 4.79 Å². The number of carbonyl (C=O) groups excluding carboxylic acids is 2. The maximum absolute atomic E-state index is 13.2. The molecule has 0 bridgehead atoms. The van der Waals surface area contributed by atoms with Crippen LogP contribution < -0.4 is 10.2 Å². The van der Waals surface area contributed by atoms with Crippen LogP contribution in [0.3, 0.4) is 0 Å². The van der Waals surface area contributed by atoms with Gasteiger partial charge in [-0.05, 0) is 55.0 Å². The number of anilines is 3. The minimum Gasteiger partial charge on any atom is -0.450 e. The van der Waals surface area contributed by atoms with Crippen LogP contribution in [0, 0.1) is 5.92 Å². The van der Waals surface area contributed by atoms with Gasteiger partial charge in [-0.15, -0.1) is 0 Å². The Kier molecular flexibility index (Phi) is 6.88. The van der Waals surface area contributed by atoms with Gasteiger partial charge in [0.2, 0.25) is 0 Å². The van der Waals surface area contributed by atoms with Crippen molar-refractivity contribution in [1.29, 1.82) is 0 Å². The molecule has 1 N–H and O–H groups in total. The monoisotopic (exact) mass is 396 g/mol. The fourth-order valence-electron chi connectivity index (χ4n) is 3.40. The number of aryl methyl sites for hydroxylation is 2. The molecule has 0 unspecified atom stereocenters. The lowest BCUT2D eigenvalue weighted by atomic mass is 10.0. The predicted octanol–water partition coefficient (Wildman–Crippen LogP) is 4.69. The van der Waals surface area contributed by atoms with Crippen molar-refractivity contribution in [2.45, 2.75) is 33.6 Å². The summed E-state index contributed by atoms with van der Waals surface area (Å²) < 4.78 is 10.6. The van der Waals surface area contributed by atoms with Gasteiger partial charge in [-0.3, -0.25) is 15.0 Å². The lowest BCUT2D eigenvalue weighted by Gasteiger charge is -2.25. The molecule has 0 aromatic heterocycles. The topological polar surface area (TPSA) is 67.9 Å². The van der Waals surface area contributed by atoms with Crippen molar-refractivity contribution in [1.82, 2.24) is 0 Å². The normalized spacial score (nSPS) is 12.8. The Bertz CT molecular complexity index is 879. The third kappa shape index (κ3) is 5.15. The van der Waals surface area contributed by atoms with Gasteiger partial charge in [-0.2, -0.15) is 0 Å². The van der Waals surface area contributed by atoms with Gasteiger partial charge in [0, 0.05) is 12.3 Å². The highest BCUT2D eigenvalue weighted by atomic mass is 16.5. The number of ether oxygens (including phenoxy) is 2. The van der Waals surface area contributed by atoms with Gasteiger partial charge >= 0.3 is 6.09 Å². The SMILES string of the molecule is CCOC(=O)Nc1ccc2c(c1)N(C(=O)COCC(C)C)c1ccccc1CC2. The molecule has 2 amide bonds. The van der Waals surface area contributed by atoms with E-state index in [2.05, 4.69) is 5.32 Å². The van der Waals surface area contributed by atoms with E-state index in [1.54, 1.807) is 11.8 Å². The van der Waals surface area contributed by atoms with Crippen LogP contribution in [0.15, 0.2) is 42.5 Å². The summed E-state index contributed by atoms with van der Waals surface area (Å²) in [6.07, 6.45) is 1.13. The molecule has 154 valence electrons. The summed E-state index contributed by atoms with van der Waals surface area (Å²) in [5.41, 5.74) is 4.37. The fraction of sp³-hybridized carbons (Fsp3) is 0.391. The van der Waals surface area contributed by atoms with E-state index in [0.29, 0.717) is 24.8 Å². The predicted molar refractivity (Wildman–Crippen MR) is 114 cm³/mol. The zero-order chi connectivity index (χ0) is 20.8. The molecule has 2 aromatic carbocycles. The number of amides is 2. The zero-order valence-electron chi connectivity index (χ0n) is 17.2. The molecule has 0 radical (unpaired) electrons. The summed E-state index contributed by atoms with van der Waals surface area (Å²) in [4.78, 5) is 26.7.